The lowest BCUT2D eigenvalue weighted by Crippen LogP contribution is -2.25. The first-order valence-corrected chi connectivity index (χ1v) is 5.34. The molecule has 0 aromatic heterocycles. The highest BCUT2D eigenvalue weighted by Crippen LogP contribution is 2.23. The van der Waals surface area contributed by atoms with Gasteiger partial charge in [0, 0.05) is 18.7 Å². The number of carbonyl (C=O) groups excluding carboxylic acids is 1. The number of unbranched alkanes of at least 4 members (excludes halogenated alkanes) is 1. The number of carbonyl (C=O) groups is 1. The van der Waals surface area contributed by atoms with Crippen LogP contribution in [0.15, 0.2) is 18.2 Å². The molecule has 0 saturated carbocycles. The lowest BCUT2D eigenvalue weighted by atomic mass is 10.1. The zero-order valence-electron chi connectivity index (χ0n) is 9.82. The van der Waals surface area contributed by atoms with Gasteiger partial charge in [0.15, 0.2) is 0 Å². The molecule has 90 valence electrons. The average Bonchev–Trinajstić information content (AvgIpc) is 2.34. The monoisotopic (exact) mass is 232 g/mol. The van der Waals surface area contributed by atoms with Crippen LogP contribution in [0, 0.1) is 12.3 Å². The number of anilines is 1. The zero-order chi connectivity index (χ0) is 12.7. The van der Waals surface area contributed by atoms with E-state index in [1.807, 2.05) is 0 Å². The van der Waals surface area contributed by atoms with Gasteiger partial charge >= 0.3 is 0 Å². The summed E-state index contributed by atoms with van der Waals surface area (Å²) in [6.45, 7) is 0.528. The van der Waals surface area contributed by atoms with Crippen molar-refractivity contribution >= 4 is 11.6 Å². The quantitative estimate of drug-likeness (QED) is 0.458. The Labute approximate surface area is 101 Å². The van der Waals surface area contributed by atoms with Gasteiger partial charge in [-0.2, -0.15) is 0 Å². The van der Waals surface area contributed by atoms with E-state index >= 15 is 0 Å². The first-order valence-electron chi connectivity index (χ1n) is 5.34. The lowest BCUT2D eigenvalue weighted by molar-refractivity contribution is 0.0951. The van der Waals surface area contributed by atoms with Crippen molar-refractivity contribution in [1.29, 1.82) is 0 Å². The molecule has 0 atom stereocenters. The molecule has 0 saturated heterocycles. The summed E-state index contributed by atoms with van der Waals surface area (Å²) in [6.07, 6.45) is 6.51. The Morgan fingerprint density at radius 1 is 1.59 bits per heavy atom. The number of ether oxygens (including phenoxy) is 1. The van der Waals surface area contributed by atoms with E-state index in [0.29, 0.717) is 30.0 Å². The second-order valence-corrected chi connectivity index (χ2v) is 3.49. The molecule has 1 rings (SSSR count). The number of nitrogens with one attached hydrogen (secondary N) is 1. The molecular weight excluding hydrogens is 216 g/mol. The van der Waals surface area contributed by atoms with Crippen molar-refractivity contribution in [2.45, 2.75) is 12.8 Å². The minimum Gasteiger partial charge on any atom is -0.496 e. The number of terminal acetylenes is 1. The standard InChI is InChI=1S/C13H16N2O2/c1-3-4-5-9-15-13(16)12-10(14)7-6-8-11(12)17-2/h1,6-8H,4-5,9,14H2,2H3,(H,15,16). The van der Waals surface area contributed by atoms with Crippen LogP contribution in [0.4, 0.5) is 5.69 Å². The van der Waals surface area contributed by atoms with E-state index in [-0.39, 0.29) is 5.91 Å². The van der Waals surface area contributed by atoms with Crippen LogP contribution >= 0.6 is 0 Å². The highest BCUT2D eigenvalue weighted by molar-refractivity contribution is 6.01. The van der Waals surface area contributed by atoms with E-state index in [2.05, 4.69) is 11.2 Å². The lowest BCUT2D eigenvalue weighted by Gasteiger charge is -2.11. The number of methoxy groups -OCH3 is 1. The molecule has 4 nitrogen and oxygen atoms in total. The number of rotatable bonds is 5. The molecule has 0 bridgehead atoms. The molecule has 0 aliphatic heterocycles. The molecule has 1 aromatic rings. The Morgan fingerprint density at radius 3 is 3.00 bits per heavy atom. The Morgan fingerprint density at radius 2 is 2.35 bits per heavy atom. The maximum absolute atomic E-state index is 11.9. The summed E-state index contributed by atoms with van der Waals surface area (Å²) in [5.74, 6) is 2.75. The Hall–Kier alpha value is -2.15. The summed E-state index contributed by atoms with van der Waals surface area (Å²) in [4.78, 5) is 11.9. The van der Waals surface area contributed by atoms with Gasteiger partial charge in [0.2, 0.25) is 0 Å². The van der Waals surface area contributed by atoms with E-state index < -0.39 is 0 Å². The molecule has 0 aliphatic rings. The normalized spacial score (nSPS) is 9.41. The molecule has 0 fully saturated rings. The summed E-state index contributed by atoms with van der Waals surface area (Å²) in [6, 6.07) is 5.11. The summed E-state index contributed by atoms with van der Waals surface area (Å²) in [5, 5.41) is 2.75. The van der Waals surface area contributed by atoms with E-state index in [4.69, 9.17) is 16.9 Å². The molecule has 0 heterocycles. The SMILES string of the molecule is C#CCCCNC(=O)c1c(N)cccc1OC. The number of nitrogens with two attached hydrogens (primary N) is 1. The highest BCUT2D eigenvalue weighted by Gasteiger charge is 2.14. The highest BCUT2D eigenvalue weighted by atomic mass is 16.5. The topological polar surface area (TPSA) is 64.4 Å². The molecule has 1 aromatic carbocycles. The van der Waals surface area contributed by atoms with E-state index in [0.717, 1.165) is 6.42 Å². The van der Waals surface area contributed by atoms with Crippen molar-refractivity contribution in [1.82, 2.24) is 5.32 Å². The van der Waals surface area contributed by atoms with Crippen molar-refractivity contribution < 1.29 is 9.53 Å². The second-order valence-electron chi connectivity index (χ2n) is 3.49. The summed E-state index contributed by atoms with van der Waals surface area (Å²) in [5.41, 5.74) is 6.53. The van der Waals surface area contributed by atoms with Gasteiger partial charge in [0.05, 0.1) is 7.11 Å². The van der Waals surface area contributed by atoms with Crippen molar-refractivity contribution in [2.24, 2.45) is 0 Å². The number of amides is 1. The minimum atomic E-state index is -0.239. The Bertz CT molecular complexity index is 436. The largest absolute Gasteiger partial charge is 0.496 e. The van der Waals surface area contributed by atoms with Gasteiger partial charge in [-0.15, -0.1) is 12.3 Å². The number of hydrogen-bond acceptors (Lipinski definition) is 3. The molecule has 0 radical (unpaired) electrons. The van der Waals surface area contributed by atoms with Gasteiger partial charge in [-0.3, -0.25) is 4.79 Å². The van der Waals surface area contributed by atoms with Crippen LogP contribution in [0.3, 0.4) is 0 Å². The van der Waals surface area contributed by atoms with Gasteiger partial charge in [-0.05, 0) is 18.6 Å². The molecule has 3 N–H and O–H groups in total. The average molecular weight is 232 g/mol. The van der Waals surface area contributed by atoms with Crippen molar-refractivity contribution in [2.75, 3.05) is 19.4 Å². The molecule has 0 aliphatic carbocycles. The fraction of sp³-hybridized carbons (Fsp3) is 0.308. The summed E-state index contributed by atoms with van der Waals surface area (Å²) < 4.78 is 5.10. The fourth-order valence-electron chi connectivity index (χ4n) is 1.44. The predicted octanol–water partition coefficient (Wildman–Crippen LogP) is 1.42. The first-order chi connectivity index (χ1) is 8.20. The molecule has 4 heteroatoms. The zero-order valence-corrected chi connectivity index (χ0v) is 9.82. The van der Waals surface area contributed by atoms with Crippen molar-refractivity contribution in [3.63, 3.8) is 0 Å². The summed E-state index contributed by atoms with van der Waals surface area (Å²) in [7, 11) is 1.50. The van der Waals surface area contributed by atoms with Crippen LogP contribution < -0.4 is 15.8 Å². The van der Waals surface area contributed by atoms with Gasteiger partial charge in [-0.25, -0.2) is 0 Å². The van der Waals surface area contributed by atoms with Crippen LogP contribution in [-0.2, 0) is 0 Å². The molecule has 0 unspecified atom stereocenters. The van der Waals surface area contributed by atoms with Crippen molar-refractivity contribution in [3.8, 4) is 18.1 Å². The second kappa shape index (κ2) is 6.44. The third-order valence-corrected chi connectivity index (χ3v) is 2.29. The van der Waals surface area contributed by atoms with Crippen LogP contribution in [0.25, 0.3) is 0 Å². The number of nitrogen functional groups attached to an aromatic ring is 1. The van der Waals surface area contributed by atoms with Crippen LogP contribution in [-0.4, -0.2) is 19.6 Å². The third-order valence-electron chi connectivity index (χ3n) is 2.29. The van der Waals surface area contributed by atoms with E-state index in [9.17, 15) is 4.79 Å². The smallest absolute Gasteiger partial charge is 0.257 e. The van der Waals surface area contributed by atoms with E-state index in [1.165, 1.54) is 7.11 Å². The third kappa shape index (κ3) is 3.42. The molecular formula is C13H16N2O2. The predicted molar refractivity (Wildman–Crippen MR) is 67.8 cm³/mol. The maximum atomic E-state index is 11.9. The van der Waals surface area contributed by atoms with Gasteiger partial charge in [0.1, 0.15) is 11.3 Å². The van der Waals surface area contributed by atoms with Crippen LogP contribution in [0.2, 0.25) is 0 Å². The summed E-state index contributed by atoms with van der Waals surface area (Å²) >= 11 is 0. The number of hydrogen-bond donors (Lipinski definition) is 2. The maximum Gasteiger partial charge on any atom is 0.257 e. The van der Waals surface area contributed by atoms with Gasteiger partial charge < -0.3 is 15.8 Å². The minimum absolute atomic E-state index is 0.239. The van der Waals surface area contributed by atoms with Gasteiger partial charge in [0.25, 0.3) is 5.91 Å². The van der Waals surface area contributed by atoms with Crippen molar-refractivity contribution in [3.05, 3.63) is 23.8 Å². The Balaban J connectivity index is 2.72. The first kappa shape index (κ1) is 12.9. The fourth-order valence-corrected chi connectivity index (χ4v) is 1.44. The molecule has 0 spiro atoms. The molecule has 1 amide bonds. The van der Waals surface area contributed by atoms with Crippen LogP contribution in [0.5, 0.6) is 5.75 Å². The van der Waals surface area contributed by atoms with Gasteiger partial charge in [-0.1, -0.05) is 6.07 Å². The van der Waals surface area contributed by atoms with Crippen LogP contribution in [0.1, 0.15) is 23.2 Å². The van der Waals surface area contributed by atoms with E-state index in [1.54, 1.807) is 18.2 Å². The number of benzene rings is 1. The Kier molecular flexibility index (Phi) is 4.89. The molecule has 17 heavy (non-hydrogen) atoms.